The molecule has 0 saturated carbocycles. The Labute approximate surface area is 97.8 Å². The van der Waals surface area contributed by atoms with E-state index in [4.69, 9.17) is 5.11 Å². The van der Waals surface area contributed by atoms with Crippen LogP contribution in [0.25, 0.3) is 0 Å². The number of aliphatic carboxylic acids is 1. The maximum Gasteiger partial charge on any atom is 0.313 e. The Balaban J connectivity index is 2.95. The molecule has 5 nitrogen and oxygen atoms in total. The van der Waals surface area contributed by atoms with Gasteiger partial charge in [0.05, 0.1) is 15.6 Å². The molecule has 0 saturated heterocycles. The summed E-state index contributed by atoms with van der Waals surface area (Å²) in [5, 5.41) is 19.1. The minimum atomic E-state index is -1.00. The van der Waals surface area contributed by atoms with Gasteiger partial charge in [-0.15, -0.1) is 11.8 Å². The molecule has 1 rings (SSSR count). The molecule has 0 amide bonds. The molecule has 1 aromatic rings. The first-order valence-electron chi connectivity index (χ1n) is 3.79. The zero-order valence-corrected chi connectivity index (χ0v) is 9.75. The van der Waals surface area contributed by atoms with Crippen LogP contribution >= 0.6 is 27.7 Å². The fourth-order valence-electron chi connectivity index (χ4n) is 0.895. The quantitative estimate of drug-likeness (QED) is 0.524. The van der Waals surface area contributed by atoms with Crippen LogP contribution in [0.1, 0.15) is 0 Å². The molecular weight excluding hydrogens is 286 g/mol. The number of carboxylic acids is 1. The van der Waals surface area contributed by atoms with Crippen LogP contribution in [0.4, 0.5) is 5.69 Å². The second-order valence-electron chi connectivity index (χ2n) is 2.55. The van der Waals surface area contributed by atoms with Gasteiger partial charge in [-0.2, -0.15) is 0 Å². The molecule has 15 heavy (non-hydrogen) atoms. The highest BCUT2D eigenvalue weighted by Crippen LogP contribution is 2.31. The van der Waals surface area contributed by atoms with Gasteiger partial charge in [0.25, 0.3) is 5.69 Å². The maximum atomic E-state index is 10.6. The van der Waals surface area contributed by atoms with Gasteiger partial charge in [0, 0.05) is 10.5 Å². The Morgan fingerprint density at radius 3 is 2.80 bits per heavy atom. The highest BCUT2D eigenvalue weighted by Gasteiger charge is 2.15. The van der Waals surface area contributed by atoms with E-state index in [9.17, 15) is 14.9 Å². The number of nitrogens with zero attached hydrogens (tertiary/aromatic N) is 1. The summed E-state index contributed by atoms with van der Waals surface area (Å²) >= 11 is 4.04. The normalized spacial score (nSPS) is 9.93. The predicted octanol–water partition coefficient (Wildman–Crippen LogP) is 2.53. The van der Waals surface area contributed by atoms with Crippen molar-refractivity contribution < 1.29 is 14.8 Å². The maximum absolute atomic E-state index is 10.6. The van der Waals surface area contributed by atoms with E-state index >= 15 is 0 Å². The van der Waals surface area contributed by atoms with E-state index in [0.717, 1.165) is 11.8 Å². The third kappa shape index (κ3) is 3.52. The number of nitro benzene ring substituents is 1. The number of nitro groups is 1. The number of halogens is 1. The zero-order valence-electron chi connectivity index (χ0n) is 7.34. The molecule has 1 aromatic carbocycles. The van der Waals surface area contributed by atoms with Gasteiger partial charge in [-0.1, -0.05) is 15.9 Å². The molecule has 0 unspecified atom stereocenters. The molecule has 0 aliphatic heterocycles. The highest BCUT2D eigenvalue weighted by atomic mass is 79.9. The Morgan fingerprint density at radius 2 is 2.27 bits per heavy atom. The number of rotatable bonds is 4. The summed E-state index contributed by atoms with van der Waals surface area (Å²) in [6.07, 6.45) is 0. The van der Waals surface area contributed by atoms with Gasteiger partial charge >= 0.3 is 5.97 Å². The molecule has 0 aliphatic carbocycles. The number of hydrogen-bond acceptors (Lipinski definition) is 4. The Kier molecular flexibility index (Phi) is 4.10. The lowest BCUT2D eigenvalue weighted by atomic mass is 10.3. The van der Waals surface area contributed by atoms with Crippen LogP contribution in [0, 0.1) is 10.1 Å². The molecule has 0 fully saturated rings. The average Bonchev–Trinajstić information content (AvgIpc) is 2.15. The lowest BCUT2D eigenvalue weighted by Gasteiger charge is -2.00. The van der Waals surface area contributed by atoms with Crippen molar-refractivity contribution in [2.24, 2.45) is 0 Å². The first-order valence-corrected chi connectivity index (χ1v) is 5.57. The summed E-state index contributed by atoms with van der Waals surface area (Å²) in [4.78, 5) is 20.8. The van der Waals surface area contributed by atoms with Crippen LogP contribution < -0.4 is 0 Å². The lowest BCUT2D eigenvalue weighted by molar-refractivity contribution is -0.387. The average molecular weight is 292 g/mol. The number of benzene rings is 1. The standard InChI is InChI=1S/C8H6BrNO4S/c9-5-1-2-7(15-4-8(11)12)6(3-5)10(13)14/h1-3H,4H2,(H,11,12). The number of carbonyl (C=O) groups is 1. The molecule has 0 radical (unpaired) electrons. The van der Waals surface area contributed by atoms with Crippen molar-refractivity contribution in [2.75, 3.05) is 5.75 Å². The molecule has 0 aliphatic rings. The first kappa shape index (κ1) is 12.0. The van der Waals surface area contributed by atoms with Crippen molar-refractivity contribution >= 4 is 39.3 Å². The summed E-state index contributed by atoms with van der Waals surface area (Å²) in [7, 11) is 0. The summed E-state index contributed by atoms with van der Waals surface area (Å²) < 4.78 is 0.592. The minimum Gasteiger partial charge on any atom is -0.481 e. The van der Waals surface area contributed by atoms with Crippen molar-refractivity contribution in [3.63, 3.8) is 0 Å². The first-order chi connectivity index (χ1) is 7.00. The Hall–Kier alpha value is -1.08. The van der Waals surface area contributed by atoms with Gasteiger partial charge in [-0.25, -0.2) is 0 Å². The summed E-state index contributed by atoms with van der Waals surface area (Å²) in [6, 6.07) is 4.51. The SMILES string of the molecule is O=C(O)CSc1ccc(Br)cc1[N+](=O)[O-]. The molecule has 0 aromatic heterocycles. The van der Waals surface area contributed by atoms with Gasteiger partial charge in [0.15, 0.2) is 0 Å². The molecule has 0 bridgehead atoms. The van der Waals surface area contributed by atoms with Crippen LogP contribution in [0.2, 0.25) is 0 Å². The van der Waals surface area contributed by atoms with Crippen LogP contribution in [0.5, 0.6) is 0 Å². The third-order valence-electron chi connectivity index (χ3n) is 1.47. The molecule has 1 N–H and O–H groups in total. The molecular formula is C8H6BrNO4S. The van der Waals surface area contributed by atoms with Crippen LogP contribution in [-0.2, 0) is 4.79 Å². The fraction of sp³-hybridized carbons (Fsp3) is 0.125. The van der Waals surface area contributed by atoms with Gasteiger partial charge in [0.1, 0.15) is 0 Å². The van der Waals surface area contributed by atoms with Gasteiger partial charge in [0.2, 0.25) is 0 Å². The largest absolute Gasteiger partial charge is 0.481 e. The number of thioether (sulfide) groups is 1. The molecule has 0 atom stereocenters. The van der Waals surface area contributed by atoms with Crippen molar-refractivity contribution in [1.82, 2.24) is 0 Å². The van der Waals surface area contributed by atoms with E-state index in [1.165, 1.54) is 12.1 Å². The zero-order chi connectivity index (χ0) is 11.4. The van der Waals surface area contributed by atoms with E-state index in [1.807, 2.05) is 0 Å². The predicted molar refractivity (Wildman–Crippen MR) is 59.2 cm³/mol. The van der Waals surface area contributed by atoms with Gasteiger partial charge in [-0.05, 0) is 12.1 Å². The molecule has 0 heterocycles. The van der Waals surface area contributed by atoms with Gasteiger partial charge < -0.3 is 5.11 Å². The van der Waals surface area contributed by atoms with Gasteiger partial charge in [-0.3, -0.25) is 14.9 Å². The number of hydrogen-bond donors (Lipinski definition) is 1. The Morgan fingerprint density at radius 1 is 1.60 bits per heavy atom. The minimum absolute atomic E-state index is 0.0874. The number of carboxylic acid groups (broad SMARTS) is 1. The lowest BCUT2D eigenvalue weighted by Crippen LogP contribution is -1.99. The van der Waals surface area contributed by atoms with E-state index in [2.05, 4.69) is 15.9 Å². The van der Waals surface area contributed by atoms with Crippen LogP contribution in [0.3, 0.4) is 0 Å². The molecule has 7 heteroatoms. The van der Waals surface area contributed by atoms with E-state index in [1.54, 1.807) is 6.07 Å². The van der Waals surface area contributed by atoms with Crippen LogP contribution in [0.15, 0.2) is 27.6 Å². The summed E-state index contributed by atoms with van der Waals surface area (Å²) in [5.74, 6) is -1.19. The van der Waals surface area contributed by atoms with Crippen molar-refractivity contribution in [2.45, 2.75) is 4.90 Å². The molecule has 0 spiro atoms. The van der Waals surface area contributed by atoms with Crippen molar-refractivity contribution in [3.8, 4) is 0 Å². The summed E-state index contributed by atoms with van der Waals surface area (Å²) in [5.41, 5.74) is -0.0874. The fourth-order valence-corrected chi connectivity index (χ4v) is 1.97. The second-order valence-corrected chi connectivity index (χ2v) is 4.48. The van der Waals surface area contributed by atoms with E-state index in [0.29, 0.717) is 9.37 Å². The van der Waals surface area contributed by atoms with E-state index < -0.39 is 10.9 Å². The van der Waals surface area contributed by atoms with E-state index in [-0.39, 0.29) is 11.4 Å². The second kappa shape index (κ2) is 5.13. The monoisotopic (exact) mass is 291 g/mol. The smallest absolute Gasteiger partial charge is 0.313 e. The Bertz CT molecular complexity index is 410. The highest BCUT2D eigenvalue weighted by molar-refractivity contribution is 9.10. The molecule has 80 valence electrons. The summed E-state index contributed by atoms with van der Waals surface area (Å²) in [6.45, 7) is 0. The van der Waals surface area contributed by atoms with Crippen molar-refractivity contribution in [3.05, 3.63) is 32.8 Å². The topological polar surface area (TPSA) is 80.4 Å². The van der Waals surface area contributed by atoms with Crippen LogP contribution in [-0.4, -0.2) is 21.8 Å². The van der Waals surface area contributed by atoms with Crippen molar-refractivity contribution in [1.29, 1.82) is 0 Å². The third-order valence-corrected chi connectivity index (χ3v) is 3.01.